The fraction of sp³-hybridized carbons (Fsp3) is 1.00. The van der Waals surface area contributed by atoms with E-state index in [1.165, 1.54) is 0 Å². The smallest absolute Gasteiger partial charge is 0.0290 e. The van der Waals surface area contributed by atoms with E-state index in [1.807, 2.05) is 0 Å². The second-order valence-corrected chi connectivity index (χ2v) is 3.04. The molecule has 0 aliphatic carbocycles. The number of nitrogens with one attached hydrogen (secondary N) is 1. The number of rotatable bonds is 0. The molecular formula is C6H14N2. The van der Waals surface area contributed by atoms with Crippen molar-refractivity contribution in [3.8, 4) is 0 Å². The molecule has 0 aromatic carbocycles. The first-order valence-electron chi connectivity index (χ1n) is 3.12. The predicted molar refractivity (Wildman–Crippen MR) is 34.6 cm³/mol. The van der Waals surface area contributed by atoms with Crippen LogP contribution in [0, 0.1) is 5.92 Å². The van der Waals surface area contributed by atoms with Crippen molar-refractivity contribution in [2.75, 3.05) is 13.1 Å². The average Bonchev–Trinajstić information content (AvgIpc) is 1.86. The van der Waals surface area contributed by atoms with Crippen molar-refractivity contribution in [1.82, 2.24) is 5.32 Å². The first-order valence-corrected chi connectivity index (χ1v) is 3.12. The van der Waals surface area contributed by atoms with Crippen molar-refractivity contribution in [2.24, 2.45) is 11.7 Å². The van der Waals surface area contributed by atoms with Crippen LogP contribution in [-0.4, -0.2) is 18.6 Å². The van der Waals surface area contributed by atoms with Crippen LogP contribution >= 0.6 is 0 Å². The third kappa shape index (κ3) is 0.858. The van der Waals surface area contributed by atoms with Crippen molar-refractivity contribution in [3.05, 3.63) is 0 Å². The topological polar surface area (TPSA) is 38.0 Å². The van der Waals surface area contributed by atoms with E-state index in [2.05, 4.69) is 19.2 Å². The van der Waals surface area contributed by atoms with E-state index in [1.54, 1.807) is 0 Å². The molecule has 2 heteroatoms. The van der Waals surface area contributed by atoms with Gasteiger partial charge in [-0.2, -0.15) is 0 Å². The van der Waals surface area contributed by atoms with Gasteiger partial charge >= 0.3 is 0 Å². The third-order valence-corrected chi connectivity index (χ3v) is 2.08. The maximum Gasteiger partial charge on any atom is 0.0290 e. The van der Waals surface area contributed by atoms with Crippen LogP contribution in [0.25, 0.3) is 0 Å². The maximum absolute atomic E-state index is 5.86. The molecule has 1 rings (SSSR count). The zero-order chi connectivity index (χ0) is 6.20. The maximum atomic E-state index is 5.86. The molecule has 8 heavy (non-hydrogen) atoms. The van der Waals surface area contributed by atoms with Crippen LogP contribution in [-0.2, 0) is 0 Å². The molecule has 2 unspecified atom stereocenters. The van der Waals surface area contributed by atoms with E-state index in [4.69, 9.17) is 5.73 Å². The molecule has 1 heterocycles. The lowest BCUT2D eigenvalue weighted by atomic mass is 9.92. The van der Waals surface area contributed by atoms with Gasteiger partial charge in [-0.05, 0) is 19.4 Å². The summed E-state index contributed by atoms with van der Waals surface area (Å²) in [6.07, 6.45) is 0. The van der Waals surface area contributed by atoms with Crippen LogP contribution in [0.4, 0.5) is 0 Å². The summed E-state index contributed by atoms with van der Waals surface area (Å²) in [6, 6.07) is 0. The Morgan fingerprint density at radius 2 is 2.38 bits per heavy atom. The van der Waals surface area contributed by atoms with E-state index >= 15 is 0 Å². The van der Waals surface area contributed by atoms with Gasteiger partial charge in [-0.3, -0.25) is 0 Å². The number of nitrogens with two attached hydrogens (primary N) is 1. The van der Waals surface area contributed by atoms with Crippen molar-refractivity contribution in [1.29, 1.82) is 0 Å². The van der Waals surface area contributed by atoms with Crippen molar-refractivity contribution in [2.45, 2.75) is 19.4 Å². The summed E-state index contributed by atoms with van der Waals surface area (Å²) in [5, 5.41) is 3.24. The highest BCUT2D eigenvalue weighted by atomic mass is 15.0. The molecule has 2 nitrogen and oxygen atoms in total. The monoisotopic (exact) mass is 114 g/mol. The molecule has 1 saturated heterocycles. The summed E-state index contributed by atoms with van der Waals surface area (Å²) >= 11 is 0. The van der Waals surface area contributed by atoms with Gasteiger partial charge in [0.05, 0.1) is 0 Å². The SMILES string of the molecule is CC1CNCC1(C)N. The summed E-state index contributed by atoms with van der Waals surface area (Å²) in [5.41, 5.74) is 5.90. The molecule has 0 radical (unpaired) electrons. The largest absolute Gasteiger partial charge is 0.324 e. The Morgan fingerprint density at radius 3 is 2.50 bits per heavy atom. The third-order valence-electron chi connectivity index (χ3n) is 2.08. The lowest BCUT2D eigenvalue weighted by Gasteiger charge is -2.21. The van der Waals surface area contributed by atoms with Crippen LogP contribution in [0.5, 0.6) is 0 Å². The Balaban J connectivity index is 2.54. The van der Waals surface area contributed by atoms with Crippen LogP contribution in [0.1, 0.15) is 13.8 Å². The summed E-state index contributed by atoms with van der Waals surface area (Å²) in [4.78, 5) is 0. The molecule has 0 spiro atoms. The van der Waals surface area contributed by atoms with E-state index < -0.39 is 0 Å². The molecule has 3 N–H and O–H groups in total. The highest BCUT2D eigenvalue weighted by molar-refractivity contribution is 4.93. The van der Waals surface area contributed by atoms with Gasteiger partial charge in [-0.25, -0.2) is 0 Å². The van der Waals surface area contributed by atoms with Gasteiger partial charge in [0.2, 0.25) is 0 Å². The van der Waals surface area contributed by atoms with Gasteiger partial charge in [0.1, 0.15) is 0 Å². The fourth-order valence-corrected chi connectivity index (χ4v) is 0.965. The van der Waals surface area contributed by atoms with Gasteiger partial charge in [-0.1, -0.05) is 6.92 Å². The highest BCUT2D eigenvalue weighted by Crippen LogP contribution is 2.16. The Bertz CT molecular complexity index is 88.5. The highest BCUT2D eigenvalue weighted by Gasteiger charge is 2.30. The van der Waals surface area contributed by atoms with Crippen LogP contribution in [0.3, 0.4) is 0 Å². The Hall–Kier alpha value is -0.0800. The minimum atomic E-state index is 0.0417. The Kier molecular flexibility index (Phi) is 1.29. The van der Waals surface area contributed by atoms with E-state index in [0.717, 1.165) is 13.1 Å². The quantitative estimate of drug-likeness (QED) is 0.463. The minimum absolute atomic E-state index is 0.0417. The van der Waals surface area contributed by atoms with E-state index in [0.29, 0.717) is 5.92 Å². The van der Waals surface area contributed by atoms with E-state index in [9.17, 15) is 0 Å². The first-order chi connectivity index (χ1) is 3.63. The first kappa shape index (κ1) is 6.05. The fourth-order valence-electron chi connectivity index (χ4n) is 0.965. The molecule has 0 aromatic heterocycles. The van der Waals surface area contributed by atoms with Crippen LogP contribution in [0.15, 0.2) is 0 Å². The molecule has 2 atom stereocenters. The molecule has 48 valence electrons. The molecular weight excluding hydrogens is 100 g/mol. The number of hydrogen-bond acceptors (Lipinski definition) is 2. The van der Waals surface area contributed by atoms with Gasteiger partial charge in [0.15, 0.2) is 0 Å². The second kappa shape index (κ2) is 1.71. The van der Waals surface area contributed by atoms with Crippen LogP contribution in [0.2, 0.25) is 0 Å². The number of hydrogen-bond donors (Lipinski definition) is 2. The Labute approximate surface area is 50.4 Å². The zero-order valence-electron chi connectivity index (χ0n) is 5.57. The molecule has 0 bridgehead atoms. The molecule has 0 saturated carbocycles. The van der Waals surface area contributed by atoms with Crippen LogP contribution < -0.4 is 11.1 Å². The van der Waals surface area contributed by atoms with Gasteiger partial charge < -0.3 is 11.1 Å². The molecule has 1 aliphatic rings. The summed E-state index contributed by atoms with van der Waals surface area (Å²) < 4.78 is 0. The second-order valence-electron chi connectivity index (χ2n) is 3.04. The summed E-state index contributed by atoms with van der Waals surface area (Å²) in [5.74, 6) is 0.627. The molecule has 1 fully saturated rings. The molecule has 1 aliphatic heterocycles. The summed E-state index contributed by atoms with van der Waals surface area (Å²) in [7, 11) is 0. The van der Waals surface area contributed by atoms with Gasteiger partial charge in [-0.15, -0.1) is 0 Å². The predicted octanol–water partition coefficient (Wildman–Crippen LogP) is -0.0569. The average molecular weight is 114 g/mol. The molecule has 0 amide bonds. The lowest BCUT2D eigenvalue weighted by Crippen LogP contribution is -2.42. The van der Waals surface area contributed by atoms with Gasteiger partial charge in [0, 0.05) is 12.1 Å². The zero-order valence-corrected chi connectivity index (χ0v) is 5.57. The lowest BCUT2D eigenvalue weighted by molar-refractivity contribution is 0.404. The van der Waals surface area contributed by atoms with Crippen molar-refractivity contribution in [3.63, 3.8) is 0 Å². The minimum Gasteiger partial charge on any atom is -0.324 e. The van der Waals surface area contributed by atoms with Crippen molar-refractivity contribution < 1.29 is 0 Å². The molecule has 0 aromatic rings. The van der Waals surface area contributed by atoms with E-state index in [-0.39, 0.29) is 5.54 Å². The normalized spacial score (nSPS) is 47.6. The van der Waals surface area contributed by atoms with Crippen molar-refractivity contribution >= 4 is 0 Å². The standard InChI is InChI=1S/C6H14N2/c1-5-3-8-4-6(5,2)7/h5,8H,3-4,7H2,1-2H3. The Morgan fingerprint density at radius 1 is 1.75 bits per heavy atom. The summed E-state index contributed by atoms with van der Waals surface area (Å²) in [6.45, 7) is 6.32. The van der Waals surface area contributed by atoms with Gasteiger partial charge in [0.25, 0.3) is 0 Å².